The molecular formula is C15H18N2O2. The average molecular weight is 258 g/mol. The highest BCUT2D eigenvalue weighted by Crippen LogP contribution is 2.24. The summed E-state index contributed by atoms with van der Waals surface area (Å²) in [5, 5.41) is 4.18. The first-order chi connectivity index (χ1) is 9.10. The molecule has 4 heteroatoms. The standard InChI is InChI=1S/C15H18N2O2/c1-5-17-14(12(19-4)9-16-17)15(18)13-10(2)7-6-8-11(13)3/h6-9H,5H2,1-4H3. The third-order valence-corrected chi connectivity index (χ3v) is 3.25. The number of hydrogen-bond acceptors (Lipinski definition) is 3. The van der Waals surface area contributed by atoms with Crippen molar-refractivity contribution in [2.45, 2.75) is 27.3 Å². The Labute approximate surface area is 113 Å². The Bertz CT molecular complexity index is 573. The second kappa shape index (κ2) is 5.26. The van der Waals surface area contributed by atoms with E-state index in [2.05, 4.69) is 5.10 Å². The van der Waals surface area contributed by atoms with Crippen LogP contribution in [0.5, 0.6) is 5.75 Å². The molecule has 0 bridgehead atoms. The van der Waals surface area contributed by atoms with Crippen molar-refractivity contribution in [3.63, 3.8) is 0 Å². The Morgan fingerprint density at radius 1 is 1.32 bits per heavy atom. The summed E-state index contributed by atoms with van der Waals surface area (Å²) in [6, 6.07) is 5.84. The molecule has 100 valence electrons. The van der Waals surface area contributed by atoms with Gasteiger partial charge in [0.15, 0.2) is 11.4 Å². The van der Waals surface area contributed by atoms with Gasteiger partial charge in [-0.2, -0.15) is 5.10 Å². The first-order valence-corrected chi connectivity index (χ1v) is 6.30. The molecule has 0 aliphatic heterocycles. The molecule has 1 heterocycles. The van der Waals surface area contributed by atoms with E-state index in [1.165, 1.54) is 0 Å². The zero-order chi connectivity index (χ0) is 14.0. The van der Waals surface area contributed by atoms with Crippen molar-refractivity contribution in [2.24, 2.45) is 0 Å². The third-order valence-electron chi connectivity index (χ3n) is 3.25. The number of benzene rings is 1. The molecule has 2 rings (SSSR count). The van der Waals surface area contributed by atoms with E-state index in [0.29, 0.717) is 18.0 Å². The van der Waals surface area contributed by atoms with Gasteiger partial charge in [0.2, 0.25) is 5.78 Å². The lowest BCUT2D eigenvalue weighted by Gasteiger charge is -2.11. The van der Waals surface area contributed by atoms with Crippen LogP contribution < -0.4 is 4.74 Å². The molecule has 19 heavy (non-hydrogen) atoms. The fourth-order valence-corrected chi connectivity index (χ4v) is 2.28. The lowest BCUT2D eigenvalue weighted by molar-refractivity contribution is 0.102. The van der Waals surface area contributed by atoms with Gasteiger partial charge in [0.25, 0.3) is 0 Å². The SMILES string of the molecule is CCn1ncc(OC)c1C(=O)c1c(C)cccc1C. The fraction of sp³-hybridized carbons (Fsp3) is 0.333. The molecule has 0 atom stereocenters. The van der Waals surface area contributed by atoms with Crippen molar-refractivity contribution >= 4 is 5.78 Å². The largest absolute Gasteiger partial charge is 0.493 e. The Hall–Kier alpha value is -2.10. The second-order valence-electron chi connectivity index (χ2n) is 4.47. The molecule has 0 fully saturated rings. The summed E-state index contributed by atoms with van der Waals surface area (Å²) < 4.78 is 6.92. The number of aromatic nitrogens is 2. The van der Waals surface area contributed by atoms with Crippen LogP contribution in [0.3, 0.4) is 0 Å². The molecule has 4 nitrogen and oxygen atoms in total. The van der Waals surface area contributed by atoms with Crippen molar-refractivity contribution in [3.05, 3.63) is 46.8 Å². The Kier molecular flexibility index (Phi) is 3.69. The molecule has 2 aromatic rings. The maximum absolute atomic E-state index is 12.8. The van der Waals surface area contributed by atoms with E-state index >= 15 is 0 Å². The van der Waals surface area contributed by atoms with Crippen LogP contribution in [0.4, 0.5) is 0 Å². The number of ether oxygens (including phenoxy) is 1. The molecule has 1 aromatic carbocycles. The van der Waals surface area contributed by atoms with Crippen molar-refractivity contribution < 1.29 is 9.53 Å². The Morgan fingerprint density at radius 3 is 2.47 bits per heavy atom. The molecular weight excluding hydrogens is 240 g/mol. The minimum atomic E-state index is -0.0354. The van der Waals surface area contributed by atoms with Crippen LogP contribution in [0.25, 0.3) is 0 Å². The van der Waals surface area contributed by atoms with E-state index in [0.717, 1.165) is 16.7 Å². The maximum atomic E-state index is 12.8. The van der Waals surface area contributed by atoms with E-state index in [-0.39, 0.29) is 5.78 Å². The van der Waals surface area contributed by atoms with Crippen LogP contribution in [0.15, 0.2) is 24.4 Å². The number of carbonyl (C=O) groups is 1. The number of rotatable bonds is 4. The van der Waals surface area contributed by atoms with Gasteiger partial charge >= 0.3 is 0 Å². The van der Waals surface area contributed by atoms with E-state index in [1.807, 2.05) is 39.0 Å². The van der Waals surface area contributed by atoms with Gasteiger partial charge in [-0.15, -0.1) is 0 Å². The monoisotopic (exact) mass is 258 g/mol. The summed E-state index contributed by atoms with van der Waals surface area (Å²) >= 11 is 0. The van der Waals surface area contributed by atoms with Crippen molar-refractivity contribution in [1.82, 2.24) is 9.78 Å². The summed E-state index contributed by atoms with van der Waals surface area (Å²) in [4.78, 5) is 12.8. The van der Waals surface area contributed by atoms with Gasteiger partial charge in [0.05, 0.1) is 13.3 Å². The van der Waals surface area contributed by atoms with Crippen LogP contribution in [0.2, 0.25) is 0 Å². The summed E-state index contributed by atoms with van der Waals surface area (Å²) in [6.45, 7) is 6.47. The van der Waals surface area contributed by atoms with Gasteiger partial charge in [0.1, 0.15) is 0 Å². The van der Waals surface area contributed by atoms with Crippen molar-refractivity contribution in [2.75, 3.05) is 7.11 Å². The smallest absolute Gasteiger partial charge is 0.215 e. The molecule has 0 radical (unpaired) electrons. The van der Waals surface area contributed by atoms with Crippen LogP contribution in [-0.4, -0.2) is 22.7 Å². The van der Waals surface area contributed by atoms with Crippen LogP contribution in [-0.2, 0) is 6.54 Å². The first kappa shape index (κ1) is 13.3. The molecule has 0 spiro atoms. The van der Waals surface area contributed by atoms with Crippen LogP contribution in [0.1, 0.15) is 34.1 Å². The van der Waals surface area contributed by atoms with E-state index in [4.69, 9.17) is 4.74 Å². The van der Waals surface area contributed by atoms with Gasteiger partial charge in [-0.1, -0.05) is 18.2 Å². The zero-order valence-corrected chi connectivity index (χ0v) is 11.7. The van der Waals surface area contributed by atoms with Gasteiger partial charge in [0, 0.05) is 12.1 Å². The van der Waals surface area contributed by atoms with Gasteiger partial charge in [-0.3, -0.25) is 9.48 Å². The predicted molar refractivity (Wildman–Crippen MR) is 73.8 cm³/mol. The highest BCUT2D eigenvalue weighted by atomic mass is 16.5. The highest BCUT2D eigenvalue weighted by Gasteiger charge is 2.22. The number of methoxy groups -OCH3 is 1. The maximum Gasteiger partial charge on any atom is 0.215 e. The Balaban J connectivity index is 2.59. The molecule has 1 aromatic heterocycles. The lowest BCUT2D eigenvalue weighted by Crippen LogP contribution is -2.14. The number of nitrogens with zero attached hydrogens (tertiary/aromatic N) is 2. The number of hydrogen-bond donors (Lipinski definition) is 0. The summed E-state index contributed by atoms with van der Waals surface area (Å²) in [6.07, 6.45) is 1.59. The third kappa shape index (κ3) is 2.26. The highest BCUT2D eigenvalue weighted by molar-refractivity contribution is 6.11. The number of carbonyl (C=O) groups excluding carboxylic acids is 1. The lowest BCUT2D eigenvalue weighted by atomic mass is 9.97. The molecule has 0 saturated heterocycles. The topological polar surface area (TPSA) is 44.1 Å². The van der Waals surface area contributed by atoms with Crippen molar-refractivity contribution in [3.8, 4) is 5.75 Å². The van der Waals surface area contributed by atoms with Crippen LogP contribution in [0, 0.1) is 13.8 Å². The number of ketones is 1. The summed E-state index contributed by atoms with van der Waals surface area (Å²) in [5.41, 5.74) is 3.19. The summed E-state index contributed by atoms with van der Waals surface area (Å²) in [5.74, 6) is 0.487. The number of aryl methyl sites for hydroxylation is 3. The Morgan fingerprint density at radius 2 is 1.95 bits per heavy atom. The first-order valence-electron chi connectivity index (χ1n) is 6.30. The van der Waals surface area contributed by atoms with Crippen molar-refractivity contribution in [1.29, 1.82) is 0 Å². The zero-order valence-electron chi connectivity index (χ0n) is 11.7. The minimum absolute atomic E-state index is 0.0354. The molecule has 0 saturated carbocycles. The fourth-order valence-electron chi connectivity index (χ4n) is 2.28. The normalized spacial score (nSPS) is 10.5. The molecule has 0 aliphatic carbocycles. The molecule has 0 aliphatic rings. The van der Waals surface area contributed by atoms with Crippen LogP contribution >= 0.6 is 0 Å². The average Bonchev–Trinajstić information content (AvgIpc) is 2.81. The molecule has 0 N–H and O–H groups in total. The van der Waals surface area contributed by atoms with E-state index in [9.17, 15) is 4.79 Å². The second-order valence-corrected chi connectivity index (χ2v) is 4.47. The molecule has 0 unspecified atom stereocenters. The quantitative estimate of drug-likeness (QED) is 0.792. The predicted octanol–water partition coefficient (Wildman–Crippen LogP) is 2.76. The van der Waals surface area contributed by atoms with Gasteiger partial charge < -0.3 is 4.74 Å². The van der Waals surface area contributed by atoms with Gasteiger partial charge in [-0.05, 0) is 31.9 Å². The molecule has 0 amide bonds. The van der Waals surface area contributed by atoms with E-state index < -0.39 is 0 Å². The van der Waals surface area contributed by atoms with Gasteiger partial charge in [-0.25, -0.2) is 0 Å². The summed E-state index contributed by atoms with van der Waals surface area (Å²) in [7, 11) is 1.55. The van der Waals surface area contributed by atoms with E-state index in [1.54, 1.807) is 18.0 Å². The minimum Gasteiger partial charge on any atom is -0.493 e.